The van der Waals surface area contributed by atoms with E-state index in [2.05, 4.69) is 19.2 Å². The fourth-order valence-electron chi connectivity index (χ4n) is 4.39. The number of unbranched alkanes of at least 4 members (excludes halogenated alkanes) is 20. The van der Waals surface area contributed by atoms with Gasteiger partial charge in [0.1, 0.15) is 12.5 Å². The van der Waals surface area contributed by atoms with Gasteiger partial charge in [0.2, 0.25) is 0 Å². The summed E-state index contributed by atoms with van der Waals surface area (Å²) in [5.41, 5.74) is 0. The number of aliphatic hydroxyl groups is 2. The minimum absolute atomic E-state index is 0.553. The molecule has 0 aliphatic heterocycles. The Labute approximate surface area is 196 Å². The van der Waals surface area contributed by atoms with Gasteiger partial charge in [0.25, 0.3) is 0 Å². The van der Waals surface area contributed by atoms with E-state index in [0.29, 0.717) is 0 Å². The maximum absolute atomic E-state index is 10.0. The standard InChI is InChI=1S/C28H59NO2/c1-3-5-7-9-10-11-12-13-14-15-16-17-18-19-20-22-24-26-28(31)29-27(30)25-23-21-8-6-4-2/h27-31H,3-26H2,1-2H3. The first-order chi connectivity index (χ1) is 15.2. The molecule has 0 aliphatic carbocycles. The van der Waals surface area contributed by atoms with Crippen LogP contribution in [0.15, 0.2) is 0 Å². The van der Waals surface area contributed by atoms with E-state index >= 15 is 0 Å². The van der Waals surface area contributed by atoms with Crippen molar-refractivity contribution in [2.45, 2.75) is 180 Å². The van der Waals surface area contributed by atoms with Gasteiger partial charge in [-0.2, -0.15) is 0 Å². The topological polar surface area (TPSA) is 52.5 Å². The fourth-order valence-corrected chi connectivity index (χ4v) is 4.39. The lowest BCUT2D eigenvalue weighted by Gasteiger charge is -2.18. The first-order valence-electron chi connectivity index (χ1n) is 14.3. The highest BCUT2D eigenvalue weighted by Crippen LogP contribution is 2.14. The molecule has 0 aromatic heterocycles. The van der Waals surface area contributed by atoms with Gasteiger partial charge in [-0.1, -0.05) is 142 Å². The van der Waals surface area contributed by atoms with E-state index in [1.807, 2.05) is 0 Å². The van der Waals surface area contributed by atoms with Crippen LogP contribution in [-0.2, 0) is 0 Å². The second-order valence-electron chi connectivity index (χ2n) is 9.85. The van der Waals surface area contributed by atoms with Crippen LogP contribution < -0.4 is 5.32 Å². The van der Waals surface area contributed by atoms with Crippen LogP contribution in [0.5, 0.6) is 0 Å². The van der Waals surface area contributed by atoms with Gasteiger partial charge < -0.3 is 10.2 Å². The number of hydrogen-bond acceptors (Lipinski definition) is 3. The Hall–Kier alpha value is -0.120. The van der Waals surface area contributed by atoms with Gasteiger partial charge in [0.05, 0.1) is 0 Å². The molecular formula is C28H59NO2. The van der Waals surface area contributed by atoms with Crippen molar-refractivity contribution in [2.75, 3.05) is 0 Å². The first-order valence-corrected chi connectivity index (χ1v) is 14.3. The lowest BCUT2D eigenvalue weighted by Crippen LogP contribution is -2.38. The third-order valence-electron chi connectivity index (χ3n) is 6.55. The molecule has 3 N–H and O–H groups in total. The van der Waals surface area contributed by atoms with Crippen molar-refractivity contribution >= 4 is 0 Å². The van der Waals surface area contributed by atoms with Crippen molar-refractivity contribution in [3.05, 3.63) is 0 Å². The van der Waals surface area contributed by atoms with Gasteiger partial charge in [-0.15, -0.1) is 0 Å². The fraction of sp³-hybridized carbons (Fsp3) is 1.00. The molecule has 0 fully saturated rings. The smallest absolute Gasteiger partial charge is 0.106 e. The quantitative estimate of drug-likeness (QED) is 0.0930. The van der Waals surface area contributed by atoms with Gasteiger partial charge in [-0.25, -0.2) is 0 Å². The molecule has 0 aromatic carbocycles. The van der Waals surface area contributed by atoms with Crippen molar-refractivity contribution in [3.8, 4) is 0 Å². The molecule has 0 aromatic rings. The van der Waals surface area contributed by atoms with Gasteiger partial charge in [-0.05, 0) is 25.7 Å². The Bertz CT molecular complexity index is 324. The molecule has 2 atom stereocenters. The molecule has 0 bridgehead atoms. The average Bonchev–Trinajstić information content (AvgIpc) is 2.75. The molecule has 2 unspecified atom stereocenters. The molecule has 0 rings (SSSR count). The lowest BCUT2D eigenvalue weighted by molar-refractivity contribution is 0.0310. The van der Waals surface area contributed by atoms with Crippen molar-refractivity contribution in [2.24, 2.45) is 0 Å². The largest absolute Gasteiger partial charge is 0.379 e. The zero-order valence-electron chi connectivity index (χ0n) is 21.5. The highest BCUT2D eigenvalue weighted by molar-refractivity contribution is 4.59. The zero-order valence-corrected chi connectivity index (χ0v) is 21.5. The molecule has 0 aliphatic rings. The normalized spacial score (nSPS) is 13.5. The van der Waals surface area contributed by atoms with Crippen LogP contribution in [-0.4, -0.2) is 22.7 Å². The lowest BCUT2D eigenvalue weighted by atomic mass is 10.0. The third-order valence-corrected chi connectivity index (χ3v) is 6.55. The highest BCUT2D eigenvalue weighted by atomic mass is 16.3. The van der Waals surface area contributed by atoms with E-state index in [9.17, 15) is 10.2 Å². The molecule has 0 spiro atoms. The highest BCUT2D eigenvalue weighted by Gasteiger charge is 2.09. The number of rotatable bonds is 26. The molecular weight excluding hydrogens is 382 g/mol. The van der Waals surface area contributed by atoms with Crippen molar-refractivity contribution in [3.63, 3.8) is 0 Å². The van der Waals surface area contributed by atoms with Crippen LogP contribution in [0.1, 0.15) is 168 Å². The third kappa shape index (κ3) is 26.0. The molecule has 0 amide bonds. The van der Waals surface area contributed by atoms with Crippen LogP contribution >= 0.6 is 0 Å². The Morgan fingerprint density at radius 1 is 0.387 bits per heavy atom. The summed E-state index contributed by atoms with van der Waals surface area (Å²) in [6.45, 7) is 4.50. The van der Waals surface area contributed by atoms with Crippen molar-refractivity contribution in [1.82, 2.24) is 5.32 Å². The summed E-state index contributed by atoms with van der Waals surface area (Å²) >= 11 is 0. The zero-order chi connectivity index (χ0) is 22.8. The van der Waals surface area contributed by atoms with Crippen LogP contribution in [0.25, 0.3) is 0 Å². The van der Waals surface area contributed by atoms with Crippen LogP contribution in [0.3, 0.4) is 0 Å². The molecule has 188 valence electrons. The van der Waals surface area contributed by atoms with Gasteiger partial charge in [-0.3, -0.25) is 5.32 Å². The maximum Gasteiger partial charge on any atom is 0.106 e. The monoisotopic (exact) mass is 441 g/mol. The van der Waals surface area contributed by atoms with Crippen molar-refractivity contribution < 1.29 is 10.2 Å². The van der Waals surface area contributed by atoms with Gasteiger partial charge in [0, 0.05) is 0 Å². The van der Waals surface area contributed by atoms with Crippen molar-refractivity contribution in [1.29, 1.82) is 0 Å². The minimum Gasteiger partial charge on any atom is -0.379 e. The van der Waals surface area contributed by atoms with E-state index < -0.39 is 12.5 Å². The SMILES string of the molecule is CCCCCCCCCCCCCCCCCCCC(O)NC(O)CCCCCCC. The molecule has 0 heterocycles. The van der Waals surface area contributed by atoms with E-state index in [1.54, 1.807) is 0 Å². The second kappa shape index (κ2) is 26.1. The average molecular weight is 442 g/mol. The number of hydrogen-bond donors (Lipinski definition) is 3. The Morgan fingerprint density at radius 2 is 0.613 bits per heavy atom. The molecule has 3 heteroatoms. The molecule has 0 radical (unpaired) electrons. The van der Waals surface area contributed by atoms with Crippen LogP contribution in [0.2, 0.25) is 0 Å². The van der Waals surface area contributed by atoms with Gasteiger partial charge >= 0.3 is 0 Å². The summed E-state index contributed by atoms with van der Waals surface area (Å²) in [5, 5.41) is 22.9. The summed E-state index contributed by atoms with van der Waals surface area (Å²) < 4.78 is 0. The molecule has 0 saturated carbocycles. The van der Waals surface area contributed by atoms with E-state index in [1.165, 1.54) is 128 Å². The molecule has 3 nitrogen and oxygen atoms in total. The first kappa shape index (κ1) is 30.9. The van der Waals surface area contributed by atoms with Crippen LogP contribution in [0.4, 0.5) is 0 Å². The summed E-state index contributed by atoms with van der Waals surface area (Å²) in [4.78, 5) is 0. The molecule has 31 heavy (non-hydrogen) atoms. The second-order valence-corrected chi connectivity index (χ2v) is 9.85. The Morgan fingerprint density at radius 3 is 0.871 bits per heavy atom. The molecule has 0 saturated heterocycles. The Balaban J connectivity index is 3.21. The maximum atomic E-state index is 10.0. The van der Waals surface area contributed by atoms with E-state index in [0.717, 1.165) is 25.7 Å². The predicted octanol–water partition coefficient (Wildman–Crippen LogP) is 8.62. The van der Waals surface area contributed by atoms with E-state index in [-0.39, 0.29) is 0 Å². The summed E-state index contributed by atoms with van der Waals surface area (Å²) in [5.74, 6) is 0. The number of nitrogens with one attached hydrogen (secondary N) is 1. The van der Waals surface area contributed by atoms with E-state index in [4.69, 9.17) is 0 Å². The predicted molar refractivity (Wildman–Crippen MR) is 137 cm³/mol. The Kier molecular flexibility index (Phi) is 26.0. The summed E-state index contributed by atoms with van der Waals surface area (Å²) in [6.07, 6.45) is 29.8. The van der Waals surface area contributed by atoms with Crippen LogP contribution in [0, 0.1) is 0 Å². The van der Waals surface area contributed by atoms with Gasteiger partial charge in [0.15, 0.2) is 0 Å². The minimum atomic E-state index is -0.554. The summed E-state index contributed by atoms with van der Waals surface area (Å²) in [7, 11) is 0. The number of aliphatic hydroxyl groups excluding tert-OH is 2. The summed E-state index contributed by atoms with van der Waals surface area (Å²) in [6, 6.07) is 0.